The Labute approximate surface area is 125 Å². The second kappa shape index (κ2) is 6.70. The second-order valence-electron chi connectivity index (χ2n) is 5.95. The van der Waals surface area contributed by atoms with Crippen molar-refractivity contribution in [3.05, 3.63) is 21.9 Å². The van der Waals surface area contributed by atoms with Gasteiger partial charge in [0.25, 0.3) is 0 Å². The zero-order chi connectivity index (χ0) is 14.6. The number of likely N-dealkylation sites (N-methyl/N-ethyl adjacent to an activating group) is 1. The highest BCUT2D eigenvalue weighted by Gasteiger charge is 2.33. The number of hydrogen-bond acceptors (Lipinski definition) is 4. The molecule has 2 rings (SSSR count). The molecule has 1 aromatic rings. The Balaban J connectivity index is 1.88. The number of thiophene rings is 1. The van der Waals surface area contributed by atoms with Crippen molar-refractivity contribution in [1.82, 2.24) is 10.2 Å². The van der Waals surface area contributed by atoms with Crippen molar-refractivity contribution in [2.24, 2.45) is 5.73 Å². The van der Waals surface area contributed by atoms with E-state index in [0.29, 0.717) is 11.1 Å². The molecule has 0 aliphatic heterocycles. The maximum Gasteiger partial charge on any atom is 0.249 e. The van der Waals surface area contributed by atoms with Crippen molar-refractivity contribution in [3.8, 4) is 0 Å². The molecule has 1 aromatic heterocycles. The lowest BCUT2D eigenvalue weighted by Crippen LogP contribution is -2.52. The van der Waals surface area contributed by atoms with Crippen molar-refractivity contribution in [3.63, 3.8) is 0 Å². The van der Waals surface area contributed by atoms with Crippen molar-refractivity contribution in [2.75, 3.05) is 20.6 Å². The van der Waals surface area contributed by atoms with Gasteiger partial charge in [-0.25, -0.2) is 0 Å². The molecule has 0 atom stereocenters. The lowest BCUT2D eigenvalue weighted by molar-refractivity contribution is 0.0984. The van der Waals surface area contributed by atoms with Crippen molar-refractivity contribution in [2.45, 2.75) is 44.2 Å². The van der Waals surface area contributed by atoms with Gasteiger partial charge in [0, 0.05) is 28.9 Å². The van der Waals surface area contributed by atoms with Gasteiger partial charge in [-0.3, -0.25) is 4.79 Å². The molecular formula is C15H25N3OS. The van der Waals surface area contributed by atoms with E-state index < -0.39 is 0 Å². The van der Waals surface area contributed by atoms with E-state index in [2.05, 4.69) is 24.3 Å². The number of primary amides is 1. The van der Waals surface area contributed by atoms with Crippen LogP contribution >= 0.6 is 11.3 Å². The summed E-state index contributed by atoms with van der Waals surface area (Å²) in [6.45, 7) is 1.82. The first-order valence-corrected chi connectivity index (χ1v) is 8.17. The molecule has 1 aliphatic rings. The molecule has 4 nitrogen and oxygen atoms in total. The lowest BCUT2D eigenvalue weighted by atomic mass is 9.80. The van der Waals surface area contributed by atoms with Gasteiger partial charge in [0.1, 0.15) is 0 Å². The normalized spacial score (nSPS) is 18.4. The molecule has 0 bridgehead atoms. The fraction of sp³-hybridized carbons (Fsp3) is 0.667. The first kappa shape index (κ1) is 15.5. The van der Waals surface area contributed by atoms with Crippen LogP contribution in [0.25, 0.3) is 0 Å². The van der Waals surface area contributed by atoms with Crippen molar-refractivity contribution >= 4 is 17.2 Å². The predicted octanol–water partition coefficient (Wildman–Crippen LogP) is 2.20. The third kappa shape index (κ3) is 3.59. The Kier molecular flexibility index (Phi) is 5.18. The minimum absolute atomic E-state index is 0.294. The molecule has 0 radical (unpaired) electrons. The molecule has 5 heteroatoms. The minimum Gasteiger partial charge on any atom is -0.366 e. The average Bonchev–Trinajstić information content (AvgIpc) is 2.89. The number of nitrogens with two attached hydrogens (primary N) is 1. The molecule has 0 unspecified atom stereocenters. The van der Waals surface area contributed by atoms with E-state index in [0.717, 1.165) is 13.1 Å². The van der Waals surface area contributed by atoms with Crippen LogP contribution in [0.4, 0.5) is 0 Å². The van der Waals surface area contributed by atoms with Crippen LogP contribution in [0.5, 0.6) is 0 Å². The van der Waals surface area contributed by atoms with Crippen LogP contribution in [0.15, 0.2) is 11.4 Å². The number of carbonyl (C=O) groups is 1. The van der Waals surface area contributed by atoms with Gasteiger partial charge in [0.05, 0.1) is 5.56 Å². The quantitative estimate of drug-likeness (QED) is 0.846. The van der Waals surface area contributed by atoms with Gasteiger partial charge in [-0.15, -0.1) is 11.3 Å². The van der Waals surface area contributed by atoms with Gasteiger partial charge in [-0.1, -0.05) is 19.3 Å². The maximum atomic E-state index is 11.1. The van der Waals surface area contributed by atoms with E-state index in [4.69, 9.17) is 5.73 Å². The first-order chi connectivity index (χ1) is 9.53. The molecule has 0 saturated heterocycles. The minimum atomic E-state index is -0.343. The molecule has 1 amide bonds. The molecule has 3 N–H and O–H groups in total. The van der Waals surface area contributed by atoms with E-state index in [1.165, 1.54) is 37.0 Å². The van der Waals surface area contributed by atoms with Crippen LogP contribution in [0.3, 0.4) is 0 Å². The molecule has 20 heavy (non-hydrogen) atoms. The largest absolute Gasteiger partial charge is 0.366 e. The standard InChI is InChI=1S/C15H25N3OS/c1-18(2)15(6-4-3-5-7-15)11-17-9-13-8-12(10-20-13)14(16)19/h8,10,17H,3-7,9,11H2,1-2H3,(H2,16,19). The number of carbonyl (C=O) groups excluding carboxylic acids is 1. The van der Waals surface area contributed by atoms with Crippen molar-refractivity contribution < 1.29 is 4.79 Å². The summed E-state index contributed by atoms with van der Waals surface area (Å²) in [6, 6.07) is 1.89. The van der Waals surface area contributed by atoms with Crippen LogP contribution in [-0.2, 0) is 6.54 Å². The molecule has 112 valence electrons. The highest BCUT2D eigenvalue weighted by molar-refractivity contribution is 7.10. The van der Waals surface area contributed by atoms with E-state index in [1.807, 2.05) is 11.4 Å². The Hall–Kier alpha value is -0.910. The summed E-state index contributed by atoms with van der Waals surface area (Å²) in [7, 11) is 4.37. The fourth-order valence-electron chi connectivity index (χ4n) is 3.01. The highest BCUT2D eigenvalue weighted by Crippen LogP contribution is 2.31. The zero-order valence-electron chi connectivity index (χ0n) is 12.4. The Morgan fingerprint density at radius 3 is 2.65 bits per heavy atom. The fourth-order valence-corrected chi connectivity index (χ4v) is 3.86. The smallest absolute Gasteiger partial charge is 0.249 e. The summed E-state index contributed by atoms with van der Waals surface area (Å²) in [6.07, 6.45) is 6.55. The number of rotatable bonds is 6. The average molecular weight is 295 g/mol. The Bertz CT molecular complexity index is 450. The zero-order valence-corrected chi connectivity index (χ0v) is 13.3. The van der Waals surface area contributed by atoms with E-state index in [9.17, 15) is 4.79 Å². The number of nitrogens with one attached hydrogen (secondary N) is 1. The van der Waals surface area contributed by atoms with Gasteiger partial charge < -0.3 is 16.0 Å². The summed E-state index contributed by atoms with van der Waals surface area (Å²) in [5.41, 5.74) is 6.19. The molecule has 0 spiro atoms. The third-order valence-corrected chi connectivity index (χ3v) is 5.36. The van der Waals surface area contributed by atoms with Crippen molar-refractivity contribution in [1.29, 1.82) is 0 Å². The monoisotopic (exact) mass is 295 g/mol. The second-order valence-corrected chi connectivity index (χ2v) is 6.94. The van der Waals surface area contributed by atoms with Gasteiger partial charge >= 0.3 is 0 Å². The summed E-state index contributed by atoms with van der Waals surface area (Å²) >= 11 is 1.59. The molecule has 1 heterocycles. The third-order valence-electron chi connectivity index (χ3n) is 4.42. The molecule has 0 aromatic carbocycles. The number of amides is 1. The molecule has 1 aliphatic carbocycles. The first-order valence-electron chi connectivity index (χ1n) is 7.29. The molecule has 1 fully saturated rings. The molecular weight excluding hydrogens is 270 g/mol. The topological polar surface area (TPSA) is 58.4 Å². The lowest BCUT2D eigenvalue weighted by Gasteiger charge is -2.43. The summed E-state index contributed by atoms with van der Waals surface area (Å²) in [5, 5.41) is 5.40. The number of hydrogen-bond donors (Lipinski definition) is 2. The Morgan fingerprint density at radius 1 is 1.40 bits per heavy atom. The van der Waals surface area contributed by atoms with Crippen LogP contribution in [0, 0.1) is 0 Å². The Morgan fingerprint density at radius 2 is 2.10 bits per heavy atom. The molecule has 1 saturated carbocycles. The summed E-state index contributed by atoms with van der Waals surface area (Å²) in [4.78, 5) is 14.6. The maximum absolute atomic E-state index is 11.1. The highest BCUT2D eigenvalue weighted by atomic mass is 32.1. The summed E-state index contributed by atoms with van der Waals surface area (Å²) < 4.78 is 0. The van der Waals surface area contributed by atoms with Crippen LogP contribution in [-0.4, -0.2) is 37.0 Å². The van der Waals surface area contributed by atoms with E-state index in [-0.39, 0.29) is 5.91 Å². The summed E-state index contributed by atoms with van der Waals surface area (Å²) in [5.74, 6) is -0.343. The number of nitrogens with zero attached hydrogens (tertiary/aromatic N) is 1. The van der Waals surface area contributed by atoms with Gasteiger partial charge in [0.15, 0.2) is 0 Å². The van der Waals surface area contributed by atoms with Gasteiger partial charge in [0.2, 0.25) is 5.91 Å². The van der Waals surface area contributed by atoms with Gasteiger partial charge in [-0.05, 0) is 33.0 Å². The van der Waals surface area contributed by atoms with E-state index >= 15 is 0 Å². The SMILES string of the molecule is CN(C)C1(CNCc2cc(C(N)=O)cs2)CCCCC1. The van der Waals surface area contributed by atoms with Gasteiger partial charge in [-0.2, -0.15) is 0 Å². The van der Waals surface area contributed by atoms with Crippen LogP contribution < -0.4 is 11.1 Å². The van der Waals surface area contributed by atoms with Crippen LogP contribution in [0.1, 0.15) is 47.3 Å². The van der Waals surface area contributed by atoms with Crippen LogP contribution in [0.2, 0.25) is 0 Å². The van der Waals surface area contributed by atoms with E-state index in [1.54, 1.807) is 11.3 Å². The predicted molar refractivity (Wildman–Crippen MR) is 84.0 cm³/mol.